The molecule has 162 valence electrons. The van der Waals surface area contributed by atoms with E-state index in [1.165, 1.54) is 30.5 Å². The molecule has 1 N–H and O–H groups in total. The molecule has 0 radical (unpaired) electrons. The Morgan fingerprint density at radius 1 is 0.677 bits per heavy atom. The third kappa shape index (κ3) is 4.85. The second-order valence-corrected chi connectivity index (χ2v) is 9.94. The van der Waals surface area contributed by atoms with Crippen LogP contribution < -0.4 is 4.90 Å². The maximum absolute atomic E-state index is 12.0. The molecule has 1 unspecified atom stereocenters. The Kier molecular flexibility index (Phi) is 6.20. The van der Waals surface area contributed by atoms with E-state index in [0.29, 0.717) is 6.42 Å². The zero-order valence-electron chi connectivity index (χ0n) is 19.1. The first kappa shape index (κ1) is 21.6. The lowest BCUT2D eigenvalue weighted by Gasteiger charge is -2.32. The molecule has 0 saturated carbocycles. The molecule has 0 spiro atoms. The average Bonchev–Trinajstić information content (AvgIpc) is 2.80. The normalized spacial score (nSPS) is 16.7. The van der Waals surface area contributed by atoms with Gasteiger partial charge in [-0.2, -0.15) is 0 Å². The Labute approximate surface area is 187 Å². The molecule has 1 atom stereocenters. The highest BCUT2D eigenvalue weighted by Gasteiger charge is 2.32. The van der Waals surface area contributed by atoms with Crippen LogP contribution in [0.5, 0.6) is 0 Å². The van der Waals surface area contributed by atoms with Gasteiger partial charge in [0.25, 0.3) is 0 Å². The van der Waals surface area contributed by atoms with Crippen LogP contribution in [0.2, 0.25) is 0 Å². The van der Waals surface area contributed by atoms with Crippen molar-refractivity contribution < 1.29 is 5.11 Å². The summed E-state index contributed by atoms with van der Waals surface area (Å²) < 4.78 is 0. The fourth-order valence-electron chi connectivity index (χ4n) is 4.60. The summed E-state index contributed by atoms with van der Waals surface area (Å²) in [5.74, 6) is 0. The highest BCUT2D eigenvalue weighted by Crippen LogP contribution is 2.35. The molecular formula is C29H35NO. The van der Waals surface area contributed by atoms with Gasteiger partial charge in [0.1, 0.15) is 5.60 Å². The van der Waals surface area contributed by atoms with E-state index >= 15 is 0 Å². The predicted octanol–water partition coefficient (Wildman–Crippen LogP) is 6.45. The minimum Gasteiger partial charge on any atom is -0.380 e. The van der Waals surface area contributed by atoms with Gasteiger partial charge in [0.15, 0.2) is 0 Å². The van der Waals surface area contributed by atoms with Crippen LogP contribution in [0.3, 0.4) is 0 Å². The molecule has 4 rings (SSSR count). The molecule has 1 fully saturated rings. The van der Waals surface area contributed by atoms with Gasteiger partial charge in [-0.15, -0.1) is 0 Å². The molecule has 0 aliphatic carbocycles. The summed E-state index contributed by atoms with van der Waals surface area (Å²) in [7, 11) is 0. The number of benzene rings is 3. The van der Waals surface area contributed by atoms with Crippen LogP contribution in [-0.4, -0.2) is 18.2 Å². The molecule has 0 bridgehead atoms. The van der Waals surface area contributed by atoms with Gasteiger partial charge in [-0.1, -0.05) is 87.5 Å². The lowest BCUT2D eigenvalue weighted by Crippen LogP contribution is -2.31. The lowest BCUT2D eigenvalue weighted by atomic mass is 9.80. The number of piperidine rings is 1. The van der Waals surface area contributed by atoms with E-state index in [-0.39, 0.29) is 5.41 Å². The van der Waals surface area contributed by atoms with E-state index in [2.05, 4.69) is 74.2 Å². The number of hydrogen-bond acceptors (Lipinski definition) is 2. The predicted molar refractivity (Wildman–Crippen MR) is 131 cm³/mol. The largest absolute Gasteiger partial charge is 0.380 e. The number of hydrogen-bond donors (Lipinski definition) is 1. The minimum atomic E-state index is -1.06. The monoisotopic (exact) mass is 413 g/mol. The zero-order valence-corrected chi connectivity index (χ0v) is 19.1. The van der Waals surface area contributed by atoms with Crippen LogP contribution in [0.1, 0.15) is 62.3 Å². The first-order valence-electron chi connectivity index (χ1n) is 11.6. The van der Waals surface area contributed by atoms with Crippen LogP contribution >= 0.6 is 0 Å². The van der Waals surface area contributed by atoms with Crippen LogP contribution in [0.15, 0.2) is 78.9 Å². The van der Waals surface area contributed by atoms with Crippen LogP contribution in [-0.2, 0) is 17.4 Å². The highest BCUT2D eigenvalue weighted by molar-refractivity contribution is 5.50. The van der Waals surface area contributed by atoms with E-state index in [4.69, 9.17) is 0 Å². The smallest absolute Gasteiger partial charge is 0.119 e. The van der Waals surface area contributed by atoms with Gasteiger partial charge in [0, 0.05) is 25.2 Å². The molecule has 3 aromatic rings. The molecule has 1 aliphatic rings. The fourth-order valence-corrected chi connectivity index (χ4v) is 4.60. The van der Waals surface area contributed by atoms with E-state index in [1.54, 1.807) is 0 Å². The van der Waals surface area contributed by atoms with Gasteiger partial charge in [-0.05, 0) is 59.1 Å². The molecule has 0 amide bonds. The maximum atomic E-state index is 12.0. The number of aliphatic hydroxyl groups is 1. The first-order valence-corrected chi connectivity index (χ1v) is 11.6. The quantitative estimate of drug-likeness (QED) is 0.519. The van der Waals surface area contributed by atoms with Crippen molar-refractivity contribution >= 4 is 5.69 Å². The molecule has 3 aromatic carbocycles. The van der Waals surface area contributed by atoms with Gasteiger partial charge in [0.2, 0.25) is 0 Å². The summed E-state index contributed by atoms with van der Waals surface area (Å²) in [6.07, 6.45) is 4.40. The second-order valence-electron chi connectivity index (χ2n) is 9.94. The van der Waals surface area contributed by atoms with Crippen molar-refractivity contribution in [2.75, 3.05) is 18.0 Å². The van der Waals surface area contributed by atoms with Crippen LogP contribution in [0.25, 0.3) is 0 Å². The number of anilines is 1. The van der Waals surface area contributed by atoms with Gasteiger partial charge < -0.3 is 10.0 Å². The Morgan fingerprint density at radius 2 is 1.23 bits per heavy atom. The topological polar surface area (TPSA) is 23.5 Å². The summed E-state index contributed by atoms with van der Waals surface area (Å²) in [4.78, 5) is 2.46. The van der Waals surface area contributed by atoms with E-state index < -0.39 is 5.60 Å². The van der Waals surface area contributed by atoms with Crippen LogP contribution in [0, 0.1) is 0 Å². The van der Waals surface area contributed by atoms with Gasteiger partial charge in [-0.3, -0.25) is 0 Å². The molecule has 31 heavy (non-hydrogen) atoms. The number of nitrogens with zero attached hydrogens (tertiary/aromatic N) is 1. The third-order valence-corrected chi connectivity index (χ3v) is 6.60. The van der Waals surface area contributed by atoms with E-state index in [0.717, 1.165) is 29.8 Å². The van der Waals surface area contributed by atoms with Crippen molar-refractivity contribution in [1.29, 1.82) is 0 Å². The minimum absolute atomic E-state index is 0.124. The van der Waals surface area contributed by atoms with Crippen molar-refractivity contribution in [3.63, 3.8) is 0 Å². The molecule has 2 nitrogen and oxygen atoms in total. The second kappa shape index (κ2) is 8.88. The van der Waals surface area contributed by atoms with Gasteiger partial charge in [-0.25, -0.2) is 0 Å². The Morgan fingerprint density at radius 3 is 1.81 bits per heavy atom. The Hall–Kier alpha value is -2.58. The Balaban J connectivity index is 1.65. The van der Waals surface area contributed by atoms with Crippen molar-refractivity contribution in [2.45, 2.75) is 57.5 Å². The van der Waals surface area contributed by atoms with Crippen molar-refractivity contribution in [2.24, 2.45) is 0 Å². The first-order chi connectivity index (χ1) is 14.9. The highest BCUT2D eigenvalue weighted by atomic mass is 16.3. The SMILES string of the molecule is CC(C)(C)c1ccc(CC(O)(c2ccccc2)c2ccc(N3CCCCC3)cc2)cc1. The van der Waals surface area contributed by atoms with Crippen molar-refractivity contribution in [3.05, 3.63) is 101 Å². The van der Waals surface area contributed by atoms with Crippen LogP contribution in [0.4, 0.5) is 5.69 Å². The molecule has 0 aromatic heterocycles. The molecule has 1 aliphatic heterocycles. The summed E-state index contributed by atoms with van der Waals surface area (Å²) in [5.41, 5.74) is 4.64. The van der Waals surface area contributed by atoms with E-state index in [9.17, 15) is 5.11 Å². The molecule has 1 saturated heterocycles. The molecule has 1 heterocycles. The Bertz CT molecular complexity index is 964. The third-order valence-electron chi connectivity index (χ3n) is 6.60. The zero-order chi connectivity index (χ0) is 21.9. The number of rotatable bonds is 5. The van der Waals surface area contributed by atoms with Gasteiger partial charge in [0.05, 0.1) is 0 Å². The van der Waals surface area contributed by atoms with Gasteiger partial charge >= 0.3 is 0 Å². The fraction of sp³-hybridized carbons (Fsp3) is 0.379. The van der Waals surface area contributed by atoms with E-state index in [1.807, 2.05) is 30.3 Å². The lowest BCUT2D eigenvalue weighted by molar-refractivity contribution is 0.0811. The van der Waals surface area contributed by atoms with Crippen molar-refractivity contribution in [3.8, 4) is 0 Å². The summed E-state index contributed by atoms with van der Waals surface area (Å²) in [6, 6.07) is 27.4. The summed E-state index contributed by atoms with van der Waals surface area (Å²) in [5, 5.41) is 12.0. The summed E-state index contributed by atoms with van der Waals surface area (Å²) >= 11 is 0. The standard InChI is InChI=1S/C29H35NO/c1-28(2,3)24-14-12-23(13-15-24)22-29(31,25-10-6-4-7-11-25)26-16-18-27(19-17-26)30-20-8-5-9-21-30/h4,6-7,10-19,31H,5,8-9,20-22H2,1-3H3. The maximum Gasteiger partial charge on any atom is 0.119 e. The molecular weight excluding hydrogens is 378 g/mol. The summed E-state index contributed by atoms with van der Waals surface area (Å²) in [6.45, 7) is 8.94. The average molecular weight is 414 g/mol. The molecule has 2 heteroatoms. The van der Waals surface area contributed by atoms with Crippen molar-refractivity contribution in [1.82, 2.24) is 0 Å².